The van der Waals surface area contributed by atoms with Crippen LogP contribution in [-0.2, 0) is 0 Å². The Morgan fingerprint density at radius 3 is 2.85 bits per heavy atom. The maximum atomic E-state index is 14.3. The molecule has 1 aliphatic heterocycles. The first-order valence-electron chi connectivity index (χ1n) is 8.12. The number of nitrogens with zero attached hydrogens (tertiary/aromatic N) is 4. The van der Waals surface area contributed by atoms with Gasteiger partial charge in [0.2, 0.25) is 0 Å². The van der Waals surface area contributed by atoms with Gasteiger partial charge in [-0.05, 0) is 37.1 Å². The summed E-state index contributed by atoms with van der Waals surface area (Å²) in [6, 6.07) is 4.98. The zero-order valence-corrected chi connectivity index (χ0v) is 14.5. The Balaban J connectivity index is 1.80. The first-order valence-corrected chi connectivity index (χ1v) is 8.53. The molecule has 1 fully saturated rings. The summed E-state index contributed by atoms with van der Waals surface area (Å²) in [6.07, 6.45) is 3.25. The van der Waals surface area contributed by atoms with Crippen molar-refractivity contribution in [3.8, 4) is 0 Å². The normalized spacial score (nSPS) is 17.2. The van der Waals surface area contributed by atoms with Gasteiger partial charge in [0.15, 0.2) is 11.5 Å². The molecule has 1 unspecified atom stereocenters. The summed E-state index contributed by atoms with van der Waals surface area (Å²) in [4.78, 5) is 6.65. The van der Waals surface area contributed by atoms with Crippen LogP contribution in [0.1, 0.15) is 30.0 Å². The van der Waals surface area contributed by atoms with Crippen molar-refractivity contribution >= 4 is 34.5 Å². The van der Waals surface area contributed by atoms with Crippen molar-refractivity contribution in [3.63, 3.8) is 0 Å². The van der Waals surface area contributed by atoms with Gasteiger partial charge >= 0.3 is 0 Å². The Labute approximate surface area is 153 Å². The molecule has 1 saturated heterocycles. The van der Waals surface area contributed by atoms with Gasteiger partial charge in [-0.3, -0.25) is 0 Å². The fourth-order valence-electron chi connectivity index (χ4n) is 3.47. The minimum absolute atomic E-state index is 0.108. The molecular formula is C17H16F2N6S. The molecule has 0 aliphatic carbocycles. The molecule has 9 heteroatoms. The number of aromatic nitrogens is 3. The van der Waals surface area contributed by atoms with E-state index in [4.69, 9.17) is 23.7 Å². The van der Waals surface area contributed by atoms with Crippen LogP contribution in [0.15, 0.2) is 30.5 Å². The van der Waals surface area contributed by atoms with E-state index >= 15 is 0 Å². The predicted molar refractivity (Wildman–Crippen MR) is 99.0 cm³/mol. The van der Waals surface area contributed by atoms with Gasteiger partial charge in [0.25, 0.3) is 0 Å². The molecule has 1 aliphatic rings. The van der Waals surface area contributed by atoms with Gasteiger partial charge in [0, 0.05) is 18.3 Å². The number of hydrogen-bond donors (Lipinski definition) is 2. The molecule has 2 aromatic heterocycles. The average Bonchev–Trinajstić information content (AvgIpc) is 3.19. The third kappa shape index (κ3) is 2.64. The second kappa shape index (κ2) is 6.17. The molecular weight excluding hydrogens is 358 g/mol. The molecule has 26 heavy (non-hydrogen) atoms. The van der Waals surface area contributed by atoms with Crippen molar-refractivity contribution in [1.29, 1.82) is 0 Å². The number of nitrogens with two attached hydrogens (primary N) is 2. The highest BCUT2D eigenvalue weighted by molar-refractivity contribution is 7.80. The molecule has 0 amide bonds. The molecule has 0 bridgehead atoms. The van der Waals surface area contributed by atoms with Crippen LogP contribution >= 0.6 is 12.2 Å². The van der Waals surface area contributed by atoms with Gasteiger partial charge in [-0.1, -0.05) is 12.2 Å². The van der Waals surface area contributed by atoms with Crippen LogP contribution in [0.4, 0.5) is 20.4 Å². The maximum Gasteiger partial charge on any atom is 0.169 e. The van der Waals surface area contributed by atoms with E-state index in [0.29, 0.717) is 35.6 Å². The molecule has 3 heterocycles. The molecule has 1 atom stereocenters. The van der Waals surface area contributed by atoms with Crippen LogP contribution in [0.25, 0.3) is 5.65 Å². The zero-order chi connectivity index (χ0) is 18.4. The van der Waals surface area contributed by atoms with E-state index in [9.17, 15) is 8.78 Å². The Bertz CT molecular complexity index is 1020. The monoisotopic (exact) mass is 374 g/mol. The summed E-state index contributed by atoms with van der Waals surface area (Å²) in [7, 11) is 0. The van der Waals surface area contributed by atoms with Crippen LogP contribution in [0, 0.1) is 11.6 Å². The predicted octanol–water partition coefficient (Wildman–Crippen LogP) is 2.57. The van der Waals surface area contributed by atoms with Crippen LogP contribution in [0.3, 0.4) is 0 Å². The Hall–Kier alpha value is -2.81. The summed E-state index contributed by atoms with van der Waals surface area (Å²) in [5.41, 5.74) is 12.8. The smallest absolute Gasteiger partial charge is 0.169 e. The number of thiocarbonyl (C=S) groups is 1. The fourth-order valence-corrected chi connectivity index (χ4v) is 3.66. The van der Waals surface area contributed by atoms with E-state index in [2.05, 4.69) is 10.1 Å². The average molecular weight is 374 g/mol. The van der Waals surface area contributed by atoms with Gasteiger partial charge < -0.3 is 16.4 Å². The maximum absolute atomic E-state index is 14.3. The van der Waals surface area contributed by atoms with Crippen molar-refractivity contribution in [2.75, 3.05) is 17.2 Å². The highest BCUT2D eigenvalue weighted by atomic mass is 32.1. The molecule has 4 N–H and O–H groups in total. The number of hydrogen-bond acceptors (Lipinski definition) is 5. The quantitative estimate of drug-likeness (QED) is 0.686. The summed E-state index contributed by atoms with van der Waals surface area (Å²) >= 11 is 5.04. The number of nitrogen functional groups attached to an aromatic ring is 1. The SMILES string of the molecule is NC(=S)c1c(N)nn2ccc(N3CCCC3c3cc(F)ccc3F)nc12. The van der Waals surface area contributed by atoms with E-state index in [1.54, 1.807) is 12.3 Å². The van der Waals surface area contributed by atoms with E-state index in [-0.39, 0.29) is 16.8 Å². The lowest BCUT2D eigenvalue weighted by molar-refractivity contribution is 0.560. The van der Waals surface area contributed by atoms with Gasteiger partial charge in [0.1, 0.15) is 22.4 Å². The van der Waals surface area contributed by atoms with Crippen LogP contribution in [0.5, 0.6) is 0 Å². The summed E-state index contributed by atoms with van der Waals surface area (Å²) in [5, 5.41) is 4.14. The second-order valence-electron chi connectivity index (χ2n) is 6.20. The number of anilines is 2. The van der Waals surface area contributed by atoms with Gasteiger partial charge in [-0.15, -0.1) is 5.10 Å². The van der Waals surface area contributed by atoms with Crippen molar-refractivity contribution in [1.82, 2.24) is 14.6 Å². The van der Waals surface area contributed by atoms with Crippen LogP contribution in [0.2, 0.25) is 0 Å². The van der Waals surface area contributed by atoms with E-state index in [1.807, 2.05) is 4.90 Å². The van der Waals surface area contributed by atoms with Crippen molar-refractivity contribution in [2.45, 2.75) is 18.9 Å². The van der Waals surface area contributed by atoms with Crippen LogP contribution in [-0.4, -0.2) is 26.1 Å². The number of fused-ring (bicyclic) bond motifs is 1. The highest BCUT2D eigenvalue weighted by Crippen LogP contribution is 2.37. The molecule has 4 rings (SSSR count). The number of halogens is 2. The fraction of sp³-hybridized carbons (Fsp3) is 0.235. The van der Waals surface area contributed by atoms with Gasteiger partial charge in [-0.25, -0.2) is 18.3 Å². The molecule has 6 nitrogen and oxygen atoms in total. The van der Waals surface area contributed by atoms with Crippen LogP contribution < -0.4 is 16.4 Å². The van der Waals surface area contributed by atoms with E-state index in [1.165, 1.54) is 10.6 Å². The lowest BCUT2D eigenvalue weighted by atomic mass is 10.0. The van der Waals surface area contributed by atoms with Gasteiger partial charge in [0.05, 0.1) is 11.6 Å². The van der Waals surface area contributed by atoms with Crippen molar-refractivity contribution < 1.29 is 8.78 Å². The third-order valence-electron chi connectivity index (χ3n) is 4.61. The second-order valence-corrected chi connectivity index (χ2v) is 6.64. The van der Waals surface area contributed by atoms with E-state index < -0.39 is 11.6 Å². The minimum atomic E-state index is -0.462. The minimum Gasteiger partial charge on any atom is -0.389 e. The first-order chi connectivity index (χ1) is 12.5. The highest BCUT2D eigenvalue weighted by Gasteiger charge is 2.30. The number of benzene rings is 1. The Kier molecular flexibility index (Phi) is 3.95. The van der Waals surface area contributed by atoms with Gasteiger partial charge in [-0.2, -0.15) is 0 Å². The molecule has 0 saturated carbocycles. The molecule has 0 spiro atoms. The summed E-state index contributed by atoms with van der Waals surface area (Å²) < 4.78 is 29.4. The van der Waals surface area contributed by atoms with Crippen molar-refractivity contribution in [2.24, 2.45) is 5.73 Å². The molecule has 1 aromatic carbocycles. The summed E-state index contributed by atoms with van der Waals surface area (Å²) in [5.74, 6) is -0.0739. The first kappa shape index (κ1) is 16.6. The lowest BCUT2D eigenvalue weighted by Gasteiger charge is -2.26. The van der Waals surface area contributed by atoms with Crippen molar-refractivity contribution in [3.05, 3.63) is 53.2 Å². The topological polar surface area (TPSA) is 85.5 Å². The Morgan fingerprint density at radius 2 is 2.08 bits per heavy atom. The third-order valence-corrected chi connectivity index (χ3v) is 4.81. The number of rotatable bonds is 3. The molecule has 0 radical (unpaired) electrons. The standard InChI is InChI=1S/C17H16F2N6S/c18-9-3-4-11(19)10(8-9)12-2-1-6-24(12)13-5-7-25-17(22-13)14(16(21)26)15(20)23-25/h3-5,7-8,12H,1-2,6H2,(H2,20,23)(H2,21,26). The molecule has 134 valence electrons. The Morgan fingerprint density at radius 1 is 1.27 bits per heavy atom. The zero-order valence-electron chi connectivity index (χ0n) is 13.7. The lowest BCUT2D eigenvalue weighted by Crippen LogP contribution is -2.24. The molecule has 3 aromatic rings. The summed E-state index contributed by atoms with van der Waals surface area (Å²) in [6.45, 7) is 0.676. The largest absolute Gasteiger partial charge is 0.389 e. The van der Waals surface area contributed by atoms with E-state index in [0.717, 1.165) is 18.6 Å².